The van der Waals surface area contributed by atoms with Crippen molar-refractivity contribution in [1.29, 1.82) is 0 Å². The number of hydrogen-bond acceptors (Lipinski definition) is 4. The topological polar surface area (TPSA) is 55.8 Å². The van der Waals surface area contributed by atoms with E-state index in [1.807, 2.05) is 58.0 Å². The Morgan fingerprint density at radius 2 is 1.61 bits per heavy atom. The molecule has 0 radical (unpaired) electrons. The van der Waals surface area contributed by atoms with Crippen molar-refractivity contribution in [2.24, 2.45) is 0 Å². The van der Waals surface area contributed by atoms with Crippen LogP contribution in [0.4, 0.5) is 4.79 Å². The molecule has 1 aromatic carbocycles. The molecule has 0 spiro atoms. The Hall–Kier alpha value is -2.30. The van der Waals surface area contributed by atoms with Crippen molar-refractivity contribution in [2.75, 3.05) is 7.11 Å². The van der Waals surface area contributed by atoms with Gasteiger partial charge in [0.05, 0.1) is 13.4 Å². The summed E-state index contributed by atoms with van der Waals surface area (Å²) < 4.78 is 9.98. The number of benzene rings is 1. The average Bonchev–Trinajstić information content (AvgIpc) is 2.51. The van der Waals surface area contributed by atoms with E-state index in [2.05, 4.69) is 0 Å². The standard InChI is InChI=1S/C18H25NO4/c1-13(2)19(14(3)4)18(21)23-12-11-16(17(20)22-5)15-9-7-6-8-10-15/h6-14,16H,1-5H3/b12-11-/t16-/m0/s1. The van der Waals surface area contributed by atoms with E-state index in [4.69, 9.17) is 9.47 Å². The summed E-state index contributed by atoms with van der Waals surface area (Å²) in [4.78, 5) is 25.7. The van der Waals surface area contributed by atoms with E-state index in [0.717, 1.165) is 5.56 Å². The Kier molecular flexibility index (Phi) is 7.32. The quantitative estimate of drug-likeness (QED) is 0.592. The number of methoxy groups -OCH3 is 1. The van der Waals surface area contributed by atoms with E-state index in [9.17, 15) is 9.59 Å². The lowest BCUT2D eigenvalue weighted by atomic mass is 9.99. The molecule has 0 aliphatic heterocycles. The summed E-state index contributed by atoms with van der Waals surface area (Å²) in [7, 11) is 1.33. The van der Waals surface area contributed by atoms with Crippen molar-refractivity contribution in [3.8, 4) is 0 Å². The van der Waals surface area contributed by atoms with E-state index in [-0.39, 0.29) is 12.1 Å². The highest BCUT2D eigenvalue weighted by Gasteiger charge is 2.22. The highest BCUT2D eigenvalue weighted by Crippen LogP contribution is 2.19. The number of hydrogen-bond donors (Lipinski definition) is 0. The lowest BCUT2D eigenvalue weighted by Crippen LogP contribution is -2.41. The van der Waals surface area contributed by atoms with Gasteiger partial charge in [0.25, 0.3) is 0 Å². The fourth-order valence-corrected chi connectivity index (χ4v) is 2.37. The van der Waals surface area contributed by atoms with Gasteiger partial charge in [-0.05, 0) is 39.3 Å². The molecule has 0 saturated carbocycles. The molecule has 0 saturated heterocycles. The van der Waals surface area contributed by atoms with Gasteiger partial charge in [-0.3, -0.25) is 4.79 Å². The fraction of sp³-hybridized carbons (Fsp3) is 0.444. The third kappa shape index (κ3) is 5.43. The minimum Gasteiger partial charge on any atom is -0.468 e. The molecule has 1 aromatic rings. The number of rotatable bonds is 6. The zero-order chi connectivity index (χ0) is 17.4. The maximum Gasteiger partial charge on any atom is 0.415 e. The van der Waals surface area contributed by atoms with Gasteiger partial charge >= 0.3 is 12.1 Å². The van der Waals surface area contributed by atoms with Crippen LogP contribution in [0.1, 0.15) is 39.2 Å². The van der Waals surface area contributed by atoms with Crippen molar-refractivity contribution in [1.82, 2.24) is 4.90 Å². The second kappa shape index (κ2) is 8.98. The first kappa shape index (κ1) is 18.7. The van der Waals surface area contributed by atoms with Crippen molar-refractivity contribution in [3.05, 3.63) is 48.2 Å². The molecule has 0 heterocycles. The van der Waals surface area contributed by atoms with Crippen LogP contribution in [0, 0.1) is 0 Å². The maximum absolute atomic E-state index is 12.1. The van der Waals surface area contributed by atoms with Gasteiger partial charge in [0, 0.05) is 12.1 Å². The van der Waals surface area contributed by atoms with Crippen LogP contribution >= 0.6 is 0 Å². The highest BCUT2D eigenvalue weighted by atomic mass is 16.5. The maximum atomic E-state index is 12.1. The number of ether oxygens (including phenoxy) is 2. The normalized spacial score (nSPS) is 12.5. The van der Waals surface area contributed by atoms with Crippen LogP contribution in [0.5, 0.6) is 0 Å². The molecule has 0 aliphatic carbocycles. The fourth-order valence-electron chi connectivity index (χ4n) is 2.37. The summed E-state index contributed by atoms with van der Waals surface area (Å²) in [5.41, 5.74) is 0.774. The summed E-state index contributed by atoms with van der Waals surface area (Å²) in [6.07, 6.45) is 2.34. The molecule has 0 N–H and O–H groups in total. The van der Waals surface area contributed by atoms with Gasteiger partial charge in [0.15, 0.2) is 0 Å². The van der Waals surface area contributed by atoms with E-state index < -0.39 is 18.0 Å². The number of nitrogens with zero attached hydrogens (tertiary/aromatic N) is 1. The molecule has 0 unspecified atom stereocenters. The molecule has 1 amide bonds. The molecule has 1 atom stereocenters. The monoisotopic (exact) mass is 319 g/mol. The summed E-state index contributed by atoms with van der Waals surface area (Å²) >= 11 is 0. The van der Waals surface area contributed by atoms with Gasteiger partial charge in [0.2, 0.25) is 0 Å². The average molecular weight is 319 g/mol. The zero-order valence-electron chi connectivity index (χ0n) is 14.4. The molecule has 0 bridgehead atoms. The Labute approximate surface area is 137 Å². The molecule has 0 aliphatic rings. The van der Waals surface area contributed by atoms with Gasteiger partial charge in [-0.1, -0.05) is 30.3 Å². The SMILES string of the molecule is COC(=O)[C@@H](/C=C\OC(=O)N(C(C)C)C(C)C)c1ccccc1. The van der Waals surface area contributed by atoms with Gasteiger partial charge in [0.1, 0.15) is 5.92 Å². The van der Waals surface area contributed by atoms with Gasteiger partial charge < -0.3 is 14.4 Å². The minimum absolute atomic E-state index is 0.0291. The summed E-state index contributed by atoms with van der Waals surface area (Å²) in [5, 5.41) is 0. The molecule has 5 nitrogen and oxygen atoms in total. The number of amides is 1. The minimum atomic E-state index is -0.611. The molecule has 0 aromatic heterocycles. The largest absolute Gasteiger partial charge is 0.468 e. The van der Waals surface area contributed by atoms with Crippen LogP contribution < -0.4 is 0 Å². The Morgan fingerprint density at radius 3 is 2.09 bits per heavy atom. The molecule has 1 rings (SSSR count). The Morgan fingerprint density at radius 1 is 1.04 bits per heavy atom. The Balaban J connectivity index is 2.83. The van der Waals surface area contributed by atoms with E-state index >= 15 is 0 Å². The second-order valence-corrected chi connectivity index (χ2v) is 5.72. The second-order valence-electron chi connectivity index (χ2n) is 5.72. The van der Waals surface area contributed by atoms with Crippen LogP contribution in [0.2, 0.25) is 0 Å². The molecular formula is C18H25NO4. The van der Waals surface area contributed by atoms with Crippen LogP contribution in [0.3, 0.4) is 0 Å². The smallest absolute Gasteiger partial charge is 0.415 e. The molecule has 126 valence electrons. The van der Waals surface area contributed by atoms with Crippen LogP contribution in [-0.4, -0.2) is 36.2 Å². The summed E-state index contributed by atoms with van der Waals surface area (Å²) in [6, 6.07) is 9.24. The predicted molar refractivity (Wildman–Crippen MR) is 88.9 cm³/mol. The van der Waals surface area contributed by atoms with Crippen molar-refractivity contribution < 1.29 is 19.1 Å². The molecule has 5 heteroatoms. The third-order valence-electron chi connectivity index (χ3n) is 3.38. The zero-order valence-corrected chi connectivity index (χ0v) is 14.4. The molecule has 0 fully saturated rings. The summed E-state index contributed by atoms with van der Waals surface area (Å²) in [5.74, 6) is -1.02. The van der Waals surface area contributed by atoms with Gasteiger partial charge in [-0.2, -0.15) is 0 Å². The van der Waals surface area contributed by atoms with Gasteiger partial charge in [-0.15, -0.1) is 0 Å². The third-order valence-corrected chi connectivity index (χ3v) is 3.38. The summed E-state index contributed by atoms with van der Waals surface area (Å²) in [6.45, 7) is 7.69. The highest BCUT2D eigenvalue weighted by molar-refractivity contribution is 5.80. The van der Waals surface area contributed by atoms with Gasteiger partial charge in [-0.25, -0.2) is 4.79 Å². The van der Waals surface area contributed by atoms with Crippen LogP contribution in [-0.2, 0) is 14.3 Å². The van der Waals surface area contributed by atoms with Crippen molar-refractivity contribution in [2.45, 2.75) is 45.7 Å². The predicted octanol–water partition coefficient (Wildman–Crippen LogP) is 3.71. The Bertz CT molecular complexity index is 529. The van der Waals surface area contributed by atoms with E-state index in [1.165, 1.54) is 19.4 Å². The molecule has 23 heavy (non-hydrogen) atoms. The van der Waals surface area contributed by atoms with Crippen molar-refractivity contribution >= 4 is 12.1 Å². The lowest BCUT2D eigenvalue weighted by Gasteiger charge is -2.28. The molecular weight excluding hydrogens is 294 g/mol. The first-order valence-electron chi connectivity index (χ1n) is 7.66. The number of esters is 1. The number of carbonyl (C=O) groups excluding carboxylic acids is 2. The first-order valence-corrected chi connectivity index (χ1v) is 7.66. The van der Waals surface area contributed by atoms with Crippen LogP contribution in [0.15, 0.2) is 42.7 Å². The van der Waals surface area contributed by atoms with E-state index in [0.29, 0.717) is 0 Å². The van der Waals surface area contributed by atoms with Crippen molar-refractivity contribution in [3.63, 3.8) is 0 Å². The van der Waals surface area contributed by atoms with E-state index in [1.54, 1.807) is 4.90 Å². The number of carbonyl (C=O) groups is 2. The van der Waals surface area contributed by atoms with Crippen LogP contribution in [0.25, 0.3) is 0 Å². The lowest BCUT2D eigenvalue weighted by molar-refractivity contribution is -0.141. The first-order chi connectivity index (χ1) is 10.9.